The Morgan fingerprint density at radius 2 is 2.17 bits per heavy atom. The molecule has 1 aromatic rings. The number of benzene rings is 1. The predicted octanol–water partition coefficient (Wildman–Crippen LogP) is 2.61. The van der Waals surface area contributed by atoms with Crippen LogP contribution in [-0.2, 0) is 4.74 Å². The van der Waals surface area contributed by atoms with Crippen LogP contribution in [0.5, 0.6) is 0 Å². The van der Waals surface area contributed by atoms with E-state index in [0.717, 1.165) is 5.69 Å². The lowest BCUT2D eigenvalue weighted by Crippen LogP contribution is -2.31. The number of nitrogens with two attached hydrogens (primary N) is 1. The Bertz CT molecular complexity index is 424. The zero-order valence-corrected chi connectivity index (χ0v) is 11.2. The van der Waals surface area contributed by atoms with E-state index in [2.05, 4.69) is 25.2 Å². The predicted molar refractivity (Wildman–Crippen MR) is 74.3 cm³/mol. The van der Waals surface area contributed by atoms with Gasteiger partial charge in [-0.15, -0.1) is 0 Å². The summed E-state index contributed by atoms with van der Waals surface area (Å²) in [6.45, 7) is 7.60. The third kappa shape index (κ3) is 3.94. The number of rotatable bonds is 6. The summed E-state index contributed by atoms with van der Waals surface area (Å²) in [5, 5.41) is 12.2. The molecule has 0 saturated heterocycles. The molecule has 0 saturated carbocycles. The number of nitrogens with one attached hydrogen (secondary N) is 1. The number of nitrogens with zero attached hydrogens (tertiary/aromatic N) is 1. The summed E-state index contributed by atoms with van der Waals surface area (Å²) in [7, 11) is 0. The van der Waals surface area contributed by atoms with Crippen LogP contribution in [0.1, 0.15) is 26.3 Å². The maximum Gasteiger partial charge on any atom is 0.0992 e. The number of nitriles is 1. The van der Waals surface area contributed by atoms with Gasteiger partial charge in [0, 0.05) is 6.61 Å². The maximum atomic E-state index is 8.79. The number of anilines is 2. The first kappa shape index (κ1) is 14.3. The molecule has 0 aliphatic carbocycles. The highest BCUT2D eigenvalue weighted by atomic mass is 16.5. The Balaban J connectivity index is 2.78. The van der Waals surface area contributed by atoms with Crippen molar-refractivity contribution in [3.63, 3.8) is 0 Å². The van der Waals surface area contributed by atoms with Crippen molar-refractivity contribution >= 4 is 11.4 Å². The van der Waals surface area contributed by atoms with Crippen LogP contribution in [0.25, 0.3) is 0 Å². The fraction of sp³-hybridized carbons (Fsp3) is 0.500. The van der Waals surface area contributed by atoms with Crippen molar-refractivity contribution in [3.05, 3.63) is 23.8 Å². The van der Waals surface area contributed by atoms with Crippen molar-refractivity contribution in [2.45, 2.75) is 26.8 Å². The van der Waals surface area contributed by atoms with Crippen LogP contribution in [0.2, 0.25) is 0 Å². The highest BCUT2D eigenvalue weighted by Gasteiger charge is 2.14. The number of nitrogen functional groups attached to an aromatic ring is 1. The quantitative estimate of drug-likeness (QED) is 0.758. The molecule has 1 unspecified atom stereocenters. The lowest BCUT2D eigenvalue weighted by Gasteiger charge is -2.24. The molecular weight excluding hydrogens is 226 g/mol. The first-order valence-electron chi connectivity index (χ1n) is 6.22. The van der Waals surface area contributed by atoms with Gasteiger partial charge in [-0.1, -0.05) is 13.8 Å². The van der Waals surface area contributed by atoms with E-state index in [1.807, 2.05) is 13.0 Å². The molecule has 0 amide bonds. The van der Waals surface area contributed by atoms with Crippen LogP contribution >= 0.6 is 0 Å². The second-order valence-electron chi connectivity index (χ2n) is 4.57. The van der Waals surface area contributed by atoms with Gasteiger partial charge < -0.3 is 15.8 Å². The smallest absolute Gasteiger partial charge is 0.0992 e. The topological polar surface area (TPSA) is 71.1 Å². The van der Waals surface area contributed by atoms with Gasteiger partial charge in [-0.3, -0.25) is 0 Å². The summed E-state index contributed by atoms with van der Waals surface area (Å²) in [4.78, 5) is 0. The molecule has 18 heavy (non-hydrogen) atoms. The fourth-order valence-electron chi connectivity index (χ4n) is 1.61. The Morgan fingerprint density at radius 3 is 2.67 bits per heavy atom. The molecule has 0 aromatic heterocycles. The minimum atomic E-state index is 0.209. The summed E-state index contributed by atoms with van der Waals surface area (Å²) < 4.78 is 5.46. The van der Waals surface area contributed by atoms with E-state index in [4.69, 9.17) is 15.7 Å². The Labute approximate surface area is 109 Å². The molecule has 4 heteroatoms. The van der Waals surface area contributed by atoms with Crippen LogP contribution in [0.4, 0.5) is 11.4 Å². The first-order valence-corrected chi connectivity index (χ1v) is 6.22. The molecule has 98 valence electrons. The summed E-state index contributed by atoms with van der Waals surface area (Å²) in [6, 6.07) is 7.57. The zero-order valence-electron chi connectivity index (χ0n) is 11.2. The molecule has 0 heterocycles. The van der Waals surface area contributed by atoms with Crippen LogP contribution < -0.4 is 11.1 Å². The minimum absolute atomic E-state index is 0.209. The molecule has 0 aliphatic rings. The molecule has 0 radical (unpaired) electrons. The standard InChI is InChI=1S/C14H21N3O/c1-4-18-9-14(10(2)3)17-13-6-5-11(8-15)7-12(13)16/h5-7,10,14,17H,4,9,16H2,1-3H3. The normalized spacial score (nSPS) is 12.2. The van der Waals surface area contributed by atoms with Gasteiger partial charge in [-0.05, 0) is 31.0 Å². The second-order valence-corrected chi connectivity index (χ2v) is 4.57. The van der Waals surface area contributed by atoms with E-state index in [1.54, 1.807) is 12.1 Å². The molecule has 4 nitrogen and oxygen atoms in total. The van der Waals surface area contributed by atoms with Gasteiger partial charge in [-0.2, -0.15) is 5.26 Å². The first-order chi connectivity index (χ1) is 8.58. The molecule has 1 rings (SSSR count). The Kier molecular flexibility index (Phi) is 5.47. The Hall–Kier alpha value is -1.73. The molecule has 1 aromatic carbocycles. The Morgan fingerprint density at radius 1 is 1.44 bits per heavy atom. The molecule has 0 spiro atoms. The van der Waals surface area contributed by atoms with Gasteiger partial charge in [0.2, 0.25) is 0 Å². The van der Waals surface area contributed by atoms with Gasteiger partial charge >= 0.3 is 0 Å². The minimum Gasteiger partial charge on any atom is -0.397 e. The van der Waals surface area contributed by atoms with Gasteiger partial charge in [0.25, 0.3) is 0 Å². The maximum absolute atomic E-state index is 8.79. The van der Waals surface area contributed by atoms with Crippen LogP contribution in [-0.4, -0.2) is 19.3 Å². The van der Waals surface area contributed by atoms with Crippen molar-refractivity contribution in [1.29, 1.82) is 5.26 Å². The number of hydrogen-bond donors (Lipinski definition) is 2. The monoisotopic (exact) mass is 247 g/mol. The zero-order chi connectivity index (χ0) is 13.5. The van der Waals surface area contributed by atoms with Crippen molar-refractivity contribution in [1.82, 2.24) is 0 Å². The SMILES string of the molecule is CCOCC(Nc1ccc(C#N)cc1N)C(C)C. The average molecular weight is 247 g/mol. The van der Waals surface area contributed by atoms with Crippen molar-refractivity contribution in [2.24, 2.45) is 5.92 Å². The summed E-state index contributed by atoms with van der Waals surface area (Å²) in [5.74, 6) is 0.437. The van der Waals surface area contributed by atoms with E-state index in [9.17, 15) is 0 Å². The van der Waals surface area contributed by atoms with Crippen LogP contribution in [0.15, 0.2) is 18.2 Å². The molecule has 3 N–H and O–H groups in total. The third-order valence-electron chi connectivity index (χ3n) is 2.83. The van der Waals surface area contributed by atoms with E-state index >= 15 is 0 Å². The van der Waals surface area contributed by atoms with E-state index in [1.165, 1.54) is 0 Å². The molecule has 0 aliphatic heterocycles. The molecule has 0 fully saturated rings. The van der Waals surface area contributed by atoms with E-state index in [0.29, 0.717) is 30.4 Å². The van der Waals surface area contributed by atoms with Crippen molar-refractivity contribution in [2.75, 3.05) is 24.3 Å². The third-order valence-corrected chi connectivity index (χ3v) is 2.83. The van der Waals surface area contributed by atoms with Gasteiger partial charge in [-0.25, -0.2) is 0 Å². The lowest BCUT2D eigenvalue weighted by molar-refractivity contribution is 0.127. The number of ether oxygens (including phenoxy) is 1. The van der Waals surface area contributed by atoms with Gasteiger partial charge in [0.1, 0.15) is 0 Å². The molecule has 1 atom stereocenters. The van der Waals surface area contributed by atoms with E-state index in [-0.39, 0.29) is 6.04 Å². The highest BCUT2D eigenvalue weighted by Crippen LogP contribution is 2.22. The largest absolute Gasteiger partial charge is 0.397 e. The number of hydrogen-bond acceptors (Lipinski definition) is 4. The summed E-state index contributed by atoms with van der Waals surface area (Å²) >= 11 is 0. The van der Waals surface area contributed by atoms with Crippen molar-refractivity contribution in [3.8, 4) is 6.07 Å². The fourth-order valence-corrected chi connectivity index (χ4v) is 1.61. The average Bonchev–Trinajstić information content (AvgIpc) is 2.35. The van der Waals surface area contributed by atoms with Gasteiger partial charge in [0.05, 0.1) is 35.7 Å². The van der Waals surface area contributed by atoms with E-state index < -0.39 is 0 Å². The van der Waals surface area contributed by atoms with Gasteiger partial charge in [0.15, 0.2) is 0 Å². The molecule has 0 bridgehead atoms. The van der Waals surface area contributed by atoms with Crippen LogP contribution in [0, 0.1) is 17.2 Å². The lowest BCUT2D eigenvalue weighted by atomic mass is 10.0. The highest BCUT2D eigenvalue weighted by molar-refractivity contribution is 5.68. The van der Waals surface area contributed by atoms with Crippen LogP contribution in [0.3, 0.4) is 0 Å². The second kappa shape index (κ2) is 6.87. The summed E-state index contributed by atoms with van der Waals surface area (Å²) in [6.07, 6.45) is 0. The summed E-state index contributed by atoms with van der Waals surface area (Å²) in [5.41, 5.74) is 7.94. The molecular formula is C14H21N3O. The van der Waals surface area contributed by atoms with Crippen molar-refractivity contribution < 1.29 is 4.74 Å².